The van der Waals surface area contributed by atoms with Crippen molar-refractivity contribution in [3.05, 3.63) is 21.3 Å². The molecular formula is C6H4FIN2O. The van der Waals surface area contributed by atoms with Gasteiger partial charge in [-0.1, -0.05) is 0 Å². The summed E-state index contributed by atoms with van der Waals surface area (Å²) in [4.78, 5) is 13.8. The van der Waals surface area contributed by atoms with E-state index in [1.807, 2.05) is 0 Å². The van der Waals surface area contributed by atoms with E-state index >= 15 is 0 Å². The first kappa shape index (κ1) is 8.38. The molecule has 5 heteroatoms. The molecule has 0 aromatic carbocycles. The average Bonchev–Trinajstić information content (AvgIpc) is 1.99. The van der Waals surface area contributed by atoms with Gasteiger partial charge in [-0.3, -0.25) is 4.79 Å². The third-order valence-electron chi connectivity index (χ3n) is 1.09. The molecule has 0 aliphatic carbocycles. The molecule has 0 fully saturated rings. The van der Waals surface area contributed by atoms with E-state index in [1.54, 1.807) is 22.6 Å². The third kappa shape index (κ3) is 1.65. The van der Waals surface area contributed by atoms with Crippen LogP contribution in [-0.2, 0) is 0 Å². The molecule has 1 aromatic heterocycles. The molecule has 11 heavy (non-hydrogen) atoms. The summed E-state index contributed by atoms with van der Waals surface area (Å²) in [6.07, 6.45) is 0.526. The molecule has 2 N–H and O–H groups in total. The van der Waals surface area contributed by atoms with Gasteiger partial charge in [0.2, 0.25) is 0 Å². The molecule has 58 valence electrons. The van der Waals surface area contributed by atoms with Crippen LogP contribution in [0, 0.1) is 9.52 Å². The molecule has 0 atom stereocenters. The molecule has 1 heterocycles. The summed E-state index contributed by atoms with van der Waals surface area (Å²) in [7, 11) is 0. The lowest BCUT2D eigenvalue weighted by Crippen LogP contribution is -1.99. The van der Waals surface area contributed by atoms with Crippen molar-refractivity contribution in [2.45, 2.75) is 0 Å². The molecule has 1 aromatic rings. The van der Waals surface area contributed by atoms with Gasteiger partial charge in [0.25, 0.3) is 0 Å². The highest BCUT2D eigenvalue weighted by Gasteiger charge is 2.06. The van der Waals surface area contributed by atoms with Gasteiger partial charge < -0.3 is 5.73 Å². The van der Waals surface area contributed by atoms with E-state index in [9.17, 15) is 9.18 Å². The Hall–Kier alpha value is -0.720. The van der Waals surface area contributed by atoms with Crippen molar-refractivity contribution in [2.24, 2.45) is 0 Å². The van der Waals surface area contributed by atoms with Gasteiger partial charge in [-0.25, -0.2) is 9.37 Å². The molecule has 1 rings (SSSR count). The first-order valence-corrected chi connectivity index (χ1v) is 3.79. The first-order valence-electron chi connectivity index (χ1n) is 2.72. The van der Waals surface area contributed by atoms with Crippen molar-refractivity contribution in [1.82, 2.24) is 4.98 Å². The molecule has 0 unspecified atom stereocenters. The SMILES string of the molecule is Nc1cc(C=O)nc(I)c1F. The van der Waals surface area contributed by atoms with Crippen molar-refractivity contribution >= 4 is 34.6 Å². The number of halogens is 2. The number of nitrogens with zero attached hydrogens (tertiary/aromatic N) is 1. The maximum absolute atomic E-state index is 12.7. The number of anilines is 1. The maximum Gasteiger partial charge on any atom is 0.177 e. The molecule has 0 bridgehead atoms. The van der Waals surface area contributed by atoms with Crippen LogP contribution in [0.2, 0.25) is 0 Å². The number of hydrogen-bond donors (Lipinski definition) is 1. The second kappa shape index (κ2) is 3.12. The molecule has 0 saturated heterocycles. The van der Waals surface area contributed by atoms with Crippen LogP contribution >= 0.6 is 22.6 Å². The first-order chi connectivity index (χ1) is 5.15. The van der Waals surface area contributed by atoms with E-state index < -0.39 is 5.82 Å². The molecule has 0 radical (unpaired) electrons. The van der Waals surface area contributed by atoms with E-state index in [1.165, 1.54) is 6.07 Å². The van der Waals surface area contributed by atoms with Crippen LogP contribution in [0.5, 0.6) is 0 Å². The molecule has 0 aliphatic heterocycles. The van der Waals surface area contributed by atoms with E-state index in [-0.39, 0.29) is 15.1 Å². The molecule has 0 amide bonds. The van der Waals surface area contributed by atoms with Crippen molar-refractivity contribution in [3.8, 4) is 0 Å². The summed E-state index contributed by atoms with van der Waals surface area (Å²) in [5, 5.41) is 0. The van der Waals surface area contributed by atoms with Crippen LogP contribution in [0.25, 0.3) is 0 Å². The highest BCUT2D eigenvalue weighted by molar-refractivity contribution is 14.1. The Kier molecular flexibility index (Phi) is 2.38. The summed E-state index contributed by atoms with van der Waals surface area (Å²) in [6.45, 7) is 0. The van der Waals surface area contributed by atoms with E-state index in [4.69, 9.17) is 5.73 Å². The fraction of sp³-hybridized carbons (Fsp3) is 0. The number of aldehydes is 1. The van der Waals surface area contributed by atoms with Gasteiger partial charge >= 0.3 is 0 Å². The lowest BCUT2D eigenvalue weighted by Gasteiger charge is -1.98. The van der Waals surface area contributed by atoms with Gasteiger partial charge in [0.1, 0.15) is 9.39 Å². The largest absolute Gasteiger partial charge is 0.396 e. The van der Waals surface area contributed by atoms with Gasteiger partial charge in [-0.05, 0) is 28.7 Å². The summed E-state index contributed by atoms with van der Waals surface area (Å²) in [5.74, 6) is -0.573. The summed E-state index contributed by atoms with van der Waals surface area (Å²) >= 11 is 1.67. The second-order valence-corrected chi connectivity index (χ2v) is 2.88. The van der Waals surface area contributed by atoms with Crippen LogP contribution in [-0.4, -0.2) is 11.3 Å². The Morgan fingerprint density at radius 1 is 1.73 bits per heavy atom. The van der Waals surface area contributed by atoms with Crippen molar-refractivity contribution in [3.63, 3.8) is 0 Å². The van der Waals surface area contributed by atoms with Crippen LogP contribution < -0.4 is 5.73 Å². The number of aromatic nitrogens is 1. The van der Waals surface area contributed by atoms with Crippen LogP contribution in [0.15, 0.2) is 6.07 Å². The predicted molar refractivity (Wildman–Crippen MR) is 46.7 cm³/mol. The number of nitrogen functional groups attached to an aromatic ring is 1. The molecule has 0 saturated carbocycles. The minimum atomic E-state index is -0.573. The number of rotatable bonds is 1. The molecule has 3 nitrogen and oxygen atoms in total. The van der Waals surface area contributed by atoms with Crippen molar-refractivity contribution in [2.75, 3.05) is 5.73 Å². The number of nitrogens with two attached hydrogens (primary N) is 1. The van der Waals surface area contributed by atoms with Crippen molar-refractivity contribution in [1.29, 1.82) is 0 Å². The highest BCUT2D eigenvalue weighted by atomic mass is 127. The van der Waals surface area contributed by atoms with Gasteiger partial charge in [0.15, 0.2) is 12.1 Å². The number of carbonyl (C=O) groups is 1. The van der Waals surface area contributed by atoms with Gasteiger partial charge in [-0.15, -0.1) is 0 Å². The molecular weight excluding hydrogens is 262 g/mol. The van der Waals surface area contributed by atoms with Gasteiger partial charge in [0.05, 0.1) is 5.69 Å². The standard InChI is InChI=1S/C6H4FIN2O/c7-5-4(9)1-3(2-11)10-6(5)8/h1-2H,(H2,9,10). The van der Waals surface area contributed by atoms with Crippen LogP contribution in [0.4, 0.5) is 10.1 Å². The van der Waals surface area contributed by atoms with E-state index in [0.29, 0.717) is 6.29 Å². The third-order valence-corrected chi connectivity index (χ3v) is 1.80. The smallest absolute Gasteiger partial charge is 0.177 e. The monoisotopic (exact) mass is 266 g/mol. The number of carbonyl (C=O) groups excluding carboxylic acids is 1. The topological polar surface area (TPSA) is 56.0 Å². The van der Waals surface area contributed by atoms with E-state index in [0.717, 1.165) is 0 Å². The Balaban J connectivity index is 3.31. The van der Waals surface area contributed by atoms with Gasteiger partial charge in [-0.2, -0.15) is 0 Å². The lowest BCUT2D eigenvalue weighted by atomic mass is 10.3. The summed E-state index contributed by atoms with van der Waals surface area (Å²) in [5.41, 5.74) is 5.32. The Morgan fingerprint density at radius 3 is 2.82 bits per heavy atom. The van der Waals surface area contributed by atoms with E-state index in [2.05, 4.69) is 4.98 Å². The average molecular weight is 266 g/mol. The Labute approximate surface area is 75.9 Å². The van der Waals surface area contributed by atoms with Crippen LogP contribution in [0.3, 0.4) is 0 Å². The lowest BCUT2D eigenvalue weighted by molar-refractivity contribution is 0.111. The summed E-state index contributed by atoms with van der Waals surface area (Å²) in [6, 6.07) is 1.20. The Morgan fingerprint density at radius 2 is 2.36 bits per heavy atom. The number of pyridine rings is 1. The van der Waals surface area contributed by atoms with Crippen molar-refractivity contribution < 1.29 is 9.18 Å². The minimum Gasteiger partial charge on any atom is -0.396 e. The maximum atomic E-state index is 12.7. The summed E-state index contributed by atoms with van der Waals surface area (Å²) < 4.78 is 12.9. The number of hydrogen-bond acceptors (Lipinski definition) is 3. The zero-order valence-electron chi connectivity index (χ0n) is 5.34. The van der Waals surface area contributed by atoms with Crippen LogP contribution in [0.1, 0.15) is 10.5 Å². The normalized spacial score (nSPS) is 9.64. The second-order valence-electron chi connectivity index (χ2n) is 1.86. The zero-order chi connectivity index (χ0) is 8.43. The quantitative estimate of drug-likeness (QED) is 0.472. The predicted octanol–water partition coefficient (Wildman–Crippen LogP) is 1.22. The minimum absolute atomic E-state index is 0.0495. The molecule has 0 spiro atoms. The fourth-order valence-corrected chi connectivity index (χ4v) is 1.19. The Bertz CT molecular complexity index is 280. The fourth-order valence-electron chi connectivity index (χ4n) is 0.597. The molecule has 0 aliphatic rings. The highest BCUT2D eigenvalue weighted by Crippen LogP contribution is 2.15. The van der Waals surface area contributed by atoms with Gasteiger partial charge in [0, 0.05) is 0 Å². The zero-order valence-corrected chi connectivity index (χ0v) is 7.50.